The van der Waals surface area contributed by atoms with E-state index in [2.05, 4.69) is 5.32 Å². The van der Waals surface area contributed by atoms with E-state index >= 15 is 0 Å². The number of carbonyl (C=O) groups is 1. The normalized spacial score (nSPS) is 15.7. The van der Waals surface area contributed by atoms with Gasteiger partial charge in [0.1, 0.15) is 6.61 Å². The van der Waals surface area contributed by atoms with Crippen LogP contribution in [0.2, 0.25) is 10.0 Å². The maximum absolute atomic E-state index is 12.2. The molecule has 1 aliphatic heterocycles. The first kappa shape index (κ1) is 18.2. The van der Waals surface area contributed by atoms with Gasteiger partial charge >= 0.3 is 0 Å². The van der Waals surface area contributed by atoms with Crippen LogP contribution >= 0.6 is 35.0 Å². The molecule has 1 aliphatic rings. The summed E-state index contributed by atoms with van der Waals surface area (Å²) in [7, 11) is 0. The Morgan fingerprint density at radius 1 is 1.16 bits per heavy atom. The molecular formula is C18H17Cl2NO3S. The maximum atomic E-state index is 12.2. The summed E-state index contributed by atoms with van der Waals surface area (Å²) in [6.07, 6.45) is -0.616. The summed E-state index contributed by atoms with van der Waals surface area (Å²) < 4.78 is 11.2. The number of hydrogen-bond acceptors (Lipinski definition) is 4. The van der Waals surface area contributed by atoms with Crippen molar-refractivity contribution in [3.8, 4) is 11.5 Å². The van der Waals surface area contributed by atoms with Gasteiger partial charge in [0.2, 0.25) is 6.10 Å². The zero-order valence-electron chi connectivity index (χ0n) is 13.3. The van der Waals surface area contributed by atoms with E-state index in [1.54, 1.807) is 23.9 Å². The Labute approximate surface area is 160 Å². The molecule has 132 valence electrons. The van der Waals surface area contributed by atoms with Gasteiger partial charge in [-0.15, -0.1) is 0 Å². The summed E-state index contributed by atoms with van der Waals surface area (Å²) in [6.45, 7) is 0.783. The van der Waals surface area contributed by atoms with Gasteiger partial charge in [-0.1, -0.05) is 41.4 Å². The molecule has 0 bridgehead atoms. The predicted octanol–water partition coefficient (Wildman–Crippen LogP) is 4.18. The topological polar surface area (TPSA) is 47.6 Å². The van der Waals surface area contributed by atoms with Crippen LogP contribution in [-0.4, -0.2) is 30.9 Å². The molecule has 1 heterocycles. The minimum Gasteiger partial charge on any atom is -0.485 e. The number of carbonyl (C=O) groups excluding carboxylic acids is 1. The summed E-state index contributed by atoms with van der Waals surface area (Å²) in [5.74, 6) is 2.70. The van der Waals surface area contributed by atoms with E-state index in [4.69, 9.17) is 32.7 Å². The molecule has 25 heavy (non-hydrogen) atoms. The molecule has 0 spiro atoms. The summed E-state index contributed by atoms with van der Waals surface area (Å²) in [5, 5.41) is 3.99. The van der Waals surface area contributed by atoms with Crippen molar-refractivity contribution in [1.82, 2.24) is 5.32 Å². The van der Waals surface area contributed by atoms with Crippen molar-refractivity contribution in [2.24, 2.45) is 0 Å². The third kappa shape index (κ3) is 4.97. The lowest BCUT2D eigenvalue weighted by atomic mass is 10.2. The second-order valence-corrected chi connectivity index (χ2v) is 7.38. The lowest BCUT2D eigenvalue weighted by Gasteiger charge is -2.25. The average Bonchev–Trinajstić information content (AvgIpc) is 2.63. The molecule has 0 saturated heterocycles. The summed E-state index contributed by atoms with van der Waals surface area (Å²) in [5.41, 5.74) is 1.10. The Bertz CT molecular complexity index is 757. The molecule has 1 atom stereocenters. The zero-order chi connectivity index (χ0) is 17.6. The summed E-state index contributed by atoms with van der Waals surface area (Å²) in [4.78, 5) is 12.2. The quantitative estimate of drug-likeness (QED) is 0.742. The molecule has 0 saturated carbocycles. The molecule has 0 unspecified atom stereocenters. The van der Waals surface area contributed by atoms with Gasteiger partial charge in [-0.2, -0.15) is 11.8 Å². The molecule has 7 heteroatoms. The molecule has 0 fully saturated rings. The maximum Gasteiger partial charge on any atom is 0.264 e. The molecule has 3 rings (SSSR count). The van der Waals surface area contributed by atoms with Crippen molar-refractivity contribution < 1.29 is 14.3 Å². The molecule has 2 aromatic carbocycles. The minimum atomic E-state index is -0.616. The van der Waals surface area contributed by atoms with Crippen molar-refractivity contribution in [2.45, 2.75) is 11.9 Å². The van der Waals surface area contributed by atoms with Crippen LogP contribution in [0.15, 0.2) is 42.5 Å². The Kier molecular flexibility index (Phi) is 6.34. The standard InChI is InChI=1S/C18H17Cl2NO3S/c19-13-6-5-12(9-14(13)20)11-25-8-7-21-18(22)17-10-23-15-3-1-2-4-16(15)24-17/h1-6,9,17H,7-8,10-11H2,(H,21,22)/t17-/m1/s1. The van der Waals surface area contributed by atoms with Crippen LogP contribution in [0.1, 0.15) is 5.56 Å². The highest BCUT2D eigenvalue weighted by atomic mass is 35.5. The largest absolute Gasteiger partial charge is 0.485 e. The fourth-order valence-corrected chi connectivity index (χ4v) is 3.46. The van der Waals surface area contributed by atoms with Crippen molar-refractivity contribution in [1.29, 1.82) is 0 Å². The van der Waals surface area contributed by atoms with Crippen LogP contribution in [0.5, 0.6) is 11.5 Å². The molecule has 1 amide bonds. The third-order valence-electron chi connectivity index (χ3n) is 3.60. The first-order valence-corrected chi connectivity index (χ1v) is 9.72. The van der Waals surface area contributed by atoms with Gasteiger partial charge in [0.05, 0.1) is 10.0 Å². The van der Waals surface area contributed by atoms with E-state index in [-0.39, 0.29) is 12.5 Å². The van der Waals surface area contributed by atoms with Crippen molar-refractivity contribution in [2.75, 3.05) is 18.9 Å². The van der Waals surface area contributed by atoms with Gasteiger partial charge in [0, 0.05) is 18.1 Å². The second-order valence-electron chi connectivity index (χ2n) is 5.46. The van der Waals surface area contributed by atoms with Gasteiger partial charge in [-0.25, -0.2) is 0 Å². The molecule has 1 N–H and O–H groups in total. The summed E-state index contributed by atoms with van der Waals surface area (Å²) in [6, 6.07) is 12.9. The molecular weight excluding hydrogens is 381 g/mol. The highest BCUT2D eigenvalue weighted by Crippen LogP contribution is 2.30. The van der Waals surface area contributed by atoms with Gasteiger partial charge in [0.15, 0.2) is 11.5 Å². The van der Waals surface area contributed by atoms with Crippen LogP contribution in [0.4, 0.5) is 0 Å². The van der Waals surface area contributed by atoms with E-state index in [0.717, 1.165) is 17.1 Å². The number of rotatable bonds is 6. The van der Waals surface area contributed by atoms with Gasteiger partial charge < -0.3 is 14.8 Å². The molecule has 0 radical (unpaired) electrons. The van der Waals surface area contributed by atoms with E-state index in [1.807, 2.05) is 30.3 Å². The van der Waals surface area contributed by atoms with Crippen LogP contribution in [0.25, 0.3) is 0 Å². The SMILES string of the molecule is O=C(NCCSCc1ccc(Cl)c(Cl)c1)[C@H]1COc2ccccc2O1. The Hall–Kier alpha value is -1.56. The minimum absolute atomic E-state index is 0.162. The average molecular weight is 398 g/mol. The van der Waals surface area contributed by atoms with E-state index < -0.39 is 6.10 Å². The lowest BCUT2D eigenvalue weighted by molar-refractivity contribution is -0.130. The number of ether oxygens (including phenoxy) is 2. The number of halogens is 2. The van der Waals surface area contributed by atoms with Crippen LogP contribution in [0.3, 0.4) is 0 Å². The number of thioether (sulfide) groups is 1. The Balaban J connectivity index is 1.38. The van der Waals surface area contributed by atoms with Crippen LogP contribution in [-0.2, 0) is 10.5 Å². The zero-order valence-corrected chi connectivity index (χ0v) is 15.7. The lowest BCUT2D eigenvalue weighted by Crippen LogP contribution is -2.44. The number of hydrogen-bond donors (Lipinski definition) is 1. The Morgan fingerprint density at radius 2 is 1.96 bits per heavy atom. The monoisotopic (exact) mass is 397 g/mol. The number of benzene rings is 2. The second kappa shape index (κ2) is 8.70. The Morgan fingerprint density at radius 3 is 2.76 bits per heavy atom. The third-order valence-corrected chi connectivity index (χ3v) is 5.37. The molecule has 0 aromatic heterocycles. The molecule has 0 aliphatic carbocycles. The van der Waals surface area contributed by atoms with E-state index in [1.165, 1.54) is 0 Å². The van der Waals surface area contributed by atoms with Crippen molar-refractivity contribution in [3.05, 3.63) is 58.1 Å². The smallest absolute Gasteiger partial charge is 0.264 e. The number of fused-ring (bicyclic) bond motifs is 1. The number of amides is 1. The first-order chi connectivity index (χ1) is 12.1. The highest BCUT2D eigenvalue weighted by molar-refractivity contribution is 7.98. The van der Waals surface area contributed by atoms with Gasteiger partial charge in [0.25, 0.3) is 5.91 Å². The number of nitrogens with one attached hydrogen (secondary N) is 1. The van der Waals surface area contributed by atoms with E-state index in [0.29, 0.717) is 28.1 Å². The predicted molar refractivity (Wildman–Crippen MR) is 102 cm³/mol. The van der Waals surface area contributed by atoms with Crippen LogP contribution < -0.4 is 14.8 Å². The molecule has 2 aromatic rings. The van der Waals surface area contributed by atoms with Crippen molar-refractivity contribution in [3.63, 3.8) is 0 Å². The number of para-hydroxylation sites is 2. The van der Waals surface area contributed by atoms with E-state index in [9.17, 15) is 4.79 Å². The van der Waals surface area contributed by atoms with Gasteiger partial charge in [-0.05, 0) is 29.8 Å². The highest BCUT2D eigenvalue weighted by Gasteiger charge is 2.26. The molecule has 4 nitrogen and oxygen atoms in total. The van der Waals surface area contributed by atoms with Gasteiger partial charge in [-0.3, -0.25) is 4.79 Å². The van der Waals surface area contributed by atoms with Crippen molar-refractivity contribution >= 4 is 40.9 Å². The fraction of sp³-hybridized carbons (Fsp3) is 0.278. The fourth-order valence-electron chi connectivity index (χ4n) is 2.33. The first-order valence-electron chi connectivity index (χ1n) is 7.81. The van der Waals surface area contributed by atoms with Crippen LogP contribution in [0, 0.1) is 0 Å². The summed E-state index contributed by atoms with van der Waals surface area (Å²) >= 11 is 13.6.